The molecular formula is C37H64Br2N2. The van der Waals surface area contributed by atoms with E-state index < -0.39 is 0 Å². The van der Waals surface area contributed by atoms with Gasteiger partial charge in [-0.1, -0.05) is 117 Å². The zero-order valence-electron chi connectivity index (χ0n) is 26.9. The number of rotatable bonds is 26. The maximum Gasteiger partial charge on any atom is 0.169 e. The second-order valence-corrected chi connectivity index (χ2v) is 12.1. The van der Waals surface area contributed by atoms with Crippen molar-refractivity contribution in [2.24, 2.45) is 0 Å². The Balaban J connectivity index is 0.00000800. The largest absolute Gasteiger partial charge is 1.00 e. The number of hydrogen-bond donors (Lipinski definition) is 0. The first-order valence-electron chi connectivity index (χ1n) is 17.3. The number of halogens is 2. The third-order valence-electron chi connectivity index (χ3n) is 8.39. The minimum absolute atomic E-state index is 0. The van der Waals surface area contributed by atoms with Crippen LogP contribution in [0.3, 0.4) is 0 Å². The second kappa shape index (κ2) is 29.3. The highest BCUT2D eigenvalue weighted by Gasteiger charge is 2.04. The van der Waals surface area contributed by atoms with E-state index in [1.165, 1.54) is 172 Å². The molecule has 236 valence electrons. The summed E-state index contributed by atoms with van der Waals surface area (Å²) in [6.45, 7) is 6.93. The van der Waals surface area contributed by atoms with E-state index in [9.17, 15) is 0 Å². The summed E-state index contributed by atoms with van der Waals surface area (Å²) in [6, 6.07) is 9.34. The molecule has 0 saturated heterocycles. The number of aryl methyl sites for hydroxylation is 4. The molecule has 0 fully saturated rings. The van der Waals surface area contributed by atoms with Gasteiger partial charge in [-0.15, -0.1) is 0 Å². The molecule has 0 aliphatic rings. The number of unbranched alkanes of at least 4 members (excludes halogenated alkanes) is 18. The van der Waals surface area contributed by atoms with Crippen LogP contribution >= 0.6 is 0 Å². The van der Waals surface area contributed by atoms with Crippen LogP contribution in [0.2, 0.25) is 0 Å². The number of nitrogens with zero attached hydrogens (tertiary/aromatic N) is 2. The van der Waals surface area contributed by atoms with Gasteiger partial charge in [-0.2, -0.15) is 0 Å². The van der Waals surface area contributed by atoms with Crippen LogP contribution in [0.15, 0.2) is 49.1 Å². The van der Waals surface area contributed by atoms with Crippen molar-refractivity contribution in [3.63, 3.8) is 0 Å². The van der Waals surface area contributed by atoms with Crippen molar-refractivity contribution in [1.29, 1.82) is 0 Å². The third kappa shape index (κ3) is 22.5. The fraction of sp³-hybridized carbons (Fsp3) is 0.730. The highest BCUT2D eigenvalue weighted by Crippen LogP contribution is 2.12. The van der Waals surface area contributed by atoms with E-state index in [1.54, 1.807) is 0 Å². The fourth-order valence-corrected chi connectivity index (χ4v) is 5.67. The van der Waals surface area contributed by atoms with Gasteiger partial charge >= 0.3 is 0 Å². The molecule has 0 aliphatic carbocycles. The molecule has 41 heavy (non-hydrogen) atoms. The molecule has 0 saturated carbocycles. The van der Waals surface area contributed by atoms with Crippen LogP contribution in [0, 0.1) is 0 Å². The Hall–Kier alpha value is -0.740. The van der Waals surface area contributed by atoms with Crippen molar-refractivity contribution in [3.8, 4) is 0 Å². The molecule has 2 aromatic heterocycles. The highest BCUT2D eigenvalue weighted by atomic mass is 79.9. The van der Waals surface area contributed by atoms with Crippen LogP contribution in [-0.2, 0) is 25.9 Å². The third-order valence-corrected chi connectivity index (χ3v) is 8.39. The first-order valence-corrected chi connectivity index (χ1v) is 17.3. The molecule has 0 aliphatic heterocycles. The van der Waals surface area contributed by atoms with Gasteiger partial charge in [0.25, 0.3) is 0 Å². The van der Waals surface area contributed by atoms with Gasteiger partial charge in [0.15, 0.2) is 24.8 Å². The average Bonchev–Trinajstić information content (AvgIpc) is 2.96. The van der Waals surface area contributed by atoms with Gasteiger partial charge in [0.1, 0.15) is 13.1 Å². The van der Waals surface area contributed by atoms with E-state index in [0.717, 1.165) is 0 Å². The Kier molecular flexibility index (Phi) is 28.8. The molecule has 0 aromatic carbocycles. The molecule has 0 unspecified atom stereocenters. The molecule has 0 spiro atoms. The van der Waals surface area contributed by atoms with Crippen LogP contribution < -0.4 is 43.1 Å². The van der Waals surface area contributed by atoms with Crippen molar-refractivity contribution in [1.82, 2.24) is 0 Å². The molecule has 0 radical (unpaired) electrons. The molecule has 0 amide bonds. The zero-order chi connectivity index (χ0) is 27.6. The molecule has 2 heterocycles. The van der Waals surface area contributed by atoms with Crippen LogP contribution in [0.1, 0.15) is 160 Å². The van der Waals surface area contributed by atoms with Crippen LogP contribution in [0.5, 0.6) is 0 Å². The van der Waals surface area contributed by atoms with Crippen molar-refractivity contribution in [3.05, 3.63) is 60.2 Å². The maximum atomic E-state index is 2.37. The Morgan fingerprint density at radius 1 is 0.366 bits per heavy atom. The summed E-state index contributed by atoms with van der Waals surface area (Å²) in [5.74, 6) is 0. The Morgan fingerprint density at radius 2 is 0.634 bits per heavy atom. The smallest absolute Gasteiger partial charge is 0.169 e. The van der Waals surface area contributed by atoms with Gasteiger partial charge in [0.2, 0.25) is 0 Å². The Bertz CT molecular complexity index is 724. The normalized spacial score (nSPS) is 10.8. The summed E-state index contributed by atoms with van der Waals surface area (Å²) >= 11 is 0. The van der Waals surface area contributed by atoms with Crippen molar-refractivity contribution in [2.75, 3.05) is 0 Å². The minimum atomic E-state index is 0. The van der Waals surface area contributed by atoms with Crippen LogP contribution in [-0.4, -0.2) is 0 Å². The van der Waals surface area contributed by atoms with Crippen molar-refractivity contribution < 1.29 is 43.1 Å². The van der Waals surface area contributed by atoms with E-state index in [1.807, 2.05) is 0 Å². The summed E-state index contributed by atoms with van der Waals surface area (Å²) in [6.07, 6.45) is 40.9. The quantitative estimate of drug-likeness (QED) is 0.103. The molecule has 0 N–H and O–H groups in total. The fourth-order valence-electron chi connectivity index (χ4n) is 5.67. The predicted octanol–water partition coefficient (Wildman–Crippen LogP) is 4.29. The monoisotopic (exact) mass is 694 g/mol. The molecule has 2 aromatic rings. The number of pyridine rings is 2. The summed E-state index contributed by atoms with van der Waals surface area (Å²) in [4.78, 5) is 0. The lowest BCUT2D eigenvalue weighted by Crippen LogP contribution is -3.00. The standard InChI is InChI=1S/C37H64N2.2BrH/c1-3-5-7-9-11-13-15-17-19-21-30-38-32-26-36(27-33-38)24-23-25-37-28-34-39(35-29-37)31-22-20-18-16-14-12-10-8-6-4-2;;/h26-29,32-35H,3-25,30-31H2,1-2H3;2*1H/q+2;;/p-2. The van der Waals surface area contributed by atoms with Gasteiger partial charge in [-0.05, 0) is 43.2 Å². The van der Waals surface area contributed by atoms with Crippen molar-refractivity contribution in [2.45, 2.75) is 175 Å². The first-order chi connectivity index (χ1) is 19.3. The van der Waals surface area contributed by atoms with E-state index in [0.29, 0.717) is 0 Å². The first kappa shape index (κ1) is 40.3. The lowest BCUT2D eigenvalue weighted by atomic mass is 10.1. The summed E-state index contributed by atoms with van der Waals surface area (Å²) in [7, 11) is 0. The SMILES string of the molecule is CCCCCCCCCCCC[n+]1ccc(CCCc2cc[n+](CCCCCCCCCCCC)cc2)cc1.[Br-].[Br-]. The zero-order valence-corrected chi connectivity index (χ0v) is 30.1. The van der Waals surface area contributed by atoms with Crippen LogP contribution in [0.4, 0.5) is 0 Å². The van der Waals surface area contributed by atoms with Gasteiger partial charge in [0, 0.05) is 37.1 Å². The van der Waals surface area contributed by atoms with Crippen molar-refractivity contribution >= 4 is 0 Å². The van der Waals surface area contributed by atoms with E-state index >= 15 is 0 Å². The molecule has 2 rings (SSSR count). The molecule has 0 atom stereocenters. The van der Waals surface area contributed by atoms with Gasteiger partial charge in [-0.25, -0.2) is 9.13 Å². The second-order valence-electron chi connectivity index (χ2n) is 12.1. The van der Waals surface area contributed by atoms with Gasteiger partial charge in [-0.3, -0.25) is 0 Å². The summed E-state index contributed by atoms with van der Waals surface area (Å²) in [5, 5.41) is 0. The Labute approximate surface area is 276 Å². The molecule has 0 bridgehead atoms. The van der Waals surface area contributed by atoms with E-state index in [2.05, 4.69) is 72.0 Å². The van der Waals surface area contributed by atoms with E-state index in [4.69, 9.17) is 0 Å². The highest BCUT2D eigenvalue weighted by molar-refractivity contribution is 5.10. The Morgan fingerprint density at radius 3 is 0.927 bits per heavy atom. The molecule has 2 nitrogen and oxygen atoms in total. The molecule has 4 heteroatoms. The minimum Gasteiger partial charge on any atom is -1.00 e. The maximum absolute atomic E-state index is 2.37. The van der Waals surface area contributed by atoms with Crippen LogP contribution in [0.25, 0.3) is 0 Å². The average molecular weight is 697 g/mol. The predicted molar refractivity (Wildman–Crippen MR) is 169 cm³/mol. The summed E-state index contributed by atoms with van der Waals surface area (Å²) < 4.78 is 4.75. The topological polar surface area (TPSA) is 7.76 Å². The summed E-state index contributed by atoms with van der Waals surface area (Å²) in [5.41, 5.74) is 2.95. The lowest BCUT2D eigenvalue weighted by Gasteiger charge is -2.04. The number of hydrogen-bond acceptors (Lipinski definition) is 0. The van der Waals surface area contributed by atoms with Gasteiger partial charge < -0.3 is 34.0 Å². The van der Waals surface area contributed by atoms with Gasteiger partial charge in [0.05, 0.1) is 0 Å². The van der Waals surface area contributed by atoms with E-state index in [-0.39, 0.29) is 34.0 Å². The number of aromatic nitrogens is 2. The molecular weight excluding hydrogens is 632 g/mol. The lowest BCUT2D eigenvalue weighted by molar-refractivity contribution is -0.697.